The summed E-state index contributed by atoms with van der Waals surface area (Å²) >= 11 is 6.36. The molecule has 3 saturated heterocycles. The second-order valence-corrected chi connectivity index (χ2v) is 48.3. The summed E-state index contributed by atoms with van der Waals surface area (Å²) in [6.07, 6.45) is 8.68. The Morgan fingerprint density at radius 1 is 0.558 bits per heavy atom. The number of rotatable bonds is 42. The third-order valence-corrected chi connectivity index (χ3v) is 25.2. The van der Waals surface area contributed by atoms with Crippen LogP contribution in [0.2, 0.25) is 51.4 Å². The molecule has 0 bridgehead atoms. The van der Waals surface area contributed by atoms with Crippen LogP contribution in [0.25, 0.3) is 0 Å². The Morgan fingerprint density at radius 3 is 1.16 bits per heavy atom. The van der Waals surface area contributed by atoms with Crippen LogP contribution in [0.1, 0.15) is 155 Å². The van der Waals surface area contributed by atoms with Gasteiger partial charge in [0, 0.05) is 68.8 Å². The molecule has 0 amide bonds. The SMILES string of the molecule is C=CCOC(=O)C(CCCOC(C)=O)c1ccc(C2(N(COCC[Si](C)(C)C)S(=O)C(C)(C)C)COC2)cc1.C=CCOC(=O)C(CCCOC(C)=O)c1ccc(C2(N)COC2)cc1.C=CCOC(=O)Cc1ccc(C2(N(COCC[Si](C)(C)C)S(=O)C(C)(C)C)COC2)cc1.CC(=O)OCCCBr.O=CO.OCCCBr.[2H]C. The van der Waals surface area contributed by atoms with E-state index in [1.165, 1.54) is 40.3 Å². The first kappa shape index (κ1) is 106. The fourth-order valence-corrected chi connectivity index (χ4v) is 15.1. The van der Waals surface area contributed by atoms with Gasteiger partial charge in [-0.15, -0.1) is 0 Å². The summed E-state index contributed by atoms with van der Waals surface area (Å²) < 4.78 is 94.9. The van der Waals surface area contributed by atoms with Crippen molar-refractivity contribution in [2.45, 2.75) is 204 Å². The molecule has 31 heteroatoms. The van der Waals surface area contributed by atoms with E-state index in [2.05, 4.69) is 95.6 Å². The van der Waals surface area contributed by atoms with E-state index < -0.39 is 76.1 Å². The van der Waals surface area contributed by atoms with Crippen molar-refractivity contribution in [2.24, 2.45) is 5.73 Å². The third-order valence-electron chi connectivity index (χ3n) is 16.9. The number of alkyl halides is 2. The maximum Gasteiger partial charge on any atom is 0.313 e. The maximum atomic E-state index is 13.7. The topological polar surface area (TPSA) is 328 Å². The Bertz CT molecular complexity index is 3340. The van der Waals surface area contributed by atoms with E-state index in [0.717, 1.165) is 69.0 Å². The molecule has 4 N–H and O–H groups in total. The molecule has 3 aromatic rings. The minimum atomic E-state index is -1.34. The Kier molecular flexibility index (Phi) is 52.3. The Balaban J connectivity index is 0.00000153. The number of nitrogens with zero attached hydrogens (tertiary/aromatic N) is 2. The van der Waals surface area contributed by atoms with E-state index in [1.807, 2.05) is 123 Å². The van der Waals surface area contributed by atoms with Crippen molar-refractivity contribution < 1.29 is 106 Å². The molecule has 0 spiro atoms. The molecule has 25 nitrogen and oxygen atoms in total. The number of nitrogens with two attached hydrogens (primary N) is 1. The molecule has 642 valence electrons. The van der Waals surface area contributed by atoms with Gasteiger partial charge in [0.05, 0.1) is 92.8 Å². The molecule has 0 aromatic heterocycles. The van der Waals surface area contributed by atoms with Gasteiger partial charge in [-0.05, 0) is 126 Å². The lowest BCUT2D eigenvalue weighted by atomic mass is 9.85. The fraction of sp³-hybridized carbons (Fsp3) is 0.622. The van der Waals surface area contributed by atoms with Crippen molar-refractivity contribution in [1.29, 1.82) is 0 Å². The smallest absolute Gasteiger partial charge is 0.313 e. The summed E-state index contributed by atoms with van der Waals surface area (Å²) in [7, 11) is -3.84. The van der Waals surface area contributed by atoms with E-state index in [1.54, 1.807) is 6.08 Å². The van der Waals surface area contributed by atoms with E-state index in [0.29, 0.717) is 91.8 Å². The van der Waals surface area contributed by atoms with E-state index >= 15 is 0 Å². The molecule has 4 atom stereocenters. The predicted octanol–water partition coefficient (Wildman–Crippen LogP) is 13.9. The number of esters is 6. The molecular weight excluding hydrogens is 1660 g/mol. The highest BCUT2D eigenvalue weighted by atomic mass is 79.9. The molecule has 3 aliphatic heterocycles. The summed E-state index contributed by atoms with van der Waals surface area (Å²) in [6.45, 7) is 46.7. The van der Waals surface area contributed by atoms with Gasteiger partial charge < -0.3 is 68.1 Å². The Labute approximate surface area is 699 Å². The molecule has 4 unspecified atom stereocenters. The first-order chi connectivity index (χ1) is 53.7. The predicted molar refractivity (Wildman–Crippen MR) is 459 cm³/mol. The van der Waals surface area contributed by atoms with Crippen LogP contribution in [-0.4, -0.2) is 218 Å². The summed E-state index contributed by atoms with van der Waals surface area (Å²) in [4.78, 5) is 77.5. The van der Waals surface area contributed by atoms with Crippen molar-refractivity contribution in [1.82, 2.24) is 8.61 Å². The highest BCUT2D eigenvalue weighted by molar-refractivity contribution is 9.09. The number of aliphatic hydroxyl groups excluding tert-OH is 1. The van der Waals surface area contributed by atoms with Gasteiger partial charge in [-0.2, -0.15) is 8.61 Å². The second-order valence-electron chi connectivity index (χ2n) is 31.1. The number of carbonyl (C=O) groups excluding carboxylic acids is 6. The second kappa shape index (κ2) is 56.0. The van der Waals surface area contributed by atoms with E-state index in [-0.39, 0.29) is 95.2 Å². The van der Waals surface area contributed by atoms with E-state index in [9.17, 15) is 37.2 Å². The van der Waals surface area contributed by atoms with Crippen LogP contribution in [0, 0.1) is 0 Å². The number of aliphatic hydroxyl groups is 1. The van der Waals surface area contributed by atoms with Crippen LogP contribution in [0.4, 0.5) is 0 Å². The van der Waals surface area contributed by atoms with Gasteiger partial charge in [-0.1, -0.05) is 189 Å². The largest absolute Gasteiger partial charge is 0.483 e. The van der Waals surface area contributed by atoms with Crippen LogP contribution >= 0.6 is 31.9 Å². The standard InChI is InChI=1S/C29H47NO7SSi.C24H39NO5SSi.C19H25NO5.C5H9BrO2.C3H7BrO.CH2O2.CH4/c1-9-16-37-27(32)26(11-10-17-36-23(2)31)24-12-14-25(15-13-24)29(20-35-21-29)30(38(33)28(3,4)5)22-34-18-19-39(6,7)8;1-8-13-30-22(26)16-20-9-11-21(12-10-20)24(17-29-18-24)25(31(27)23(2,3)4)19-28-14-15-32(5,6)7;1-3-10-25-18(22)17(5-4-11-24-14(2)21)15-6-8-16(9-7-15)19(20)12-23-13-19;1-5(7)8-4-2-3-6;4-2-1-3-5;2-1-3;/h9,12-15,26H,1,10-11,16-22H2,2-8H3;8-12H,1,13-19H2,2-7H3;3,6-9,17H,1,4-5,10-13,20H2,2H3;2-4H2,1H3;5H,1-3H2;1H,(H,2,3);1H4/i;;;;;;1D. The lowest BCUT2D eigenvalue weighted by Gasteiger charge is -2.50. The van der Waals surface area contributed by atoms with Gasteiger partial charge >= 0.3 is 35.8 Å². The van der Waals surface area contributed by atoms with Crippen molar-refractivity contribution in [2.75, 3.05) is 123 Å². The number of hydrogen-bond acceptors (Lipinski definition) is 22. The van der Waals surface area contributed by atoms with Gasteiger partial charge in [0.15, 0.2) is 0 Å². The average Bonchev–Trinajstić information content (AvgIpc) is 0.751. The minimum Gasteiger partial charge on any atom is -0.483 e. The van der Waals surface area contributed by atoms with Gasteiger partial charge in [0.2, 0.25) is 0 Å². The van der Waals surface area contributed by atoms with Gasteiger partial charge in [-0.25, -0.2) is 8.42 Å². The van der Waals surface area contributed by atoms with Gasteiger partial charge in [0.25, 0.3) is 6.47 Å². The molecule has 3 heterocycles. The lowest BCUT2D eigenvalue weighted by molar-refractivity contribution is -0.146. The zero-order valence-electron chi connectivity index (χ0n) is 70.9. The summed E-state index contributed by atoms with van der Waals surface area (Å²) in [6, 6.07) is 25.4. The summed E-state index contributed by atoms with van der Waals surface area (Å²) in [5.74, 6) is -2.76. The number of carboxylic acid groups (broad SMARTS) is 1. The summed E-state index contributed by atoms with van der Waals surface area (Å²) in [5, 5.41) is 16.7. The van der Waals surface area contributed by atoms with Crippen LogP contribution in [0.5, 0.6) is 0 Å². The van der Waals surface area contributed by atoms with Crippen molar-refractivity contribution in [3.05, 3.63) is 144 Å². The zero-order chi connectivity index (χ0) is 86.8. The lowest BCUT2D eigenvalue weighted by Crippen LogP contribution is -2.62. The molecular formula is C82H133Br2N3O22S2Si2. The maximum absolute atomic E-state index is 13.7. The highest BCUT2D eigenvalue weighted by Gasteiger charge is 2.52. The van der Waals surface area contributed by atoms with Crippen LogP contribution in [-0.2, 0) is 131 Å². The average molecular weight is 1790 g/mol. The summed E-state index contributed by atoms with van der Waals surface area (Å²) in [5.41, 5.74) is 10.2. The molecule has 3 fully saturated rings. The number of ether oxygens (including phenoxy) is 11. The van der Waals surface area contributed by atoms with Gasteiger partial charge in [-0.3, -0.25) is 33.6 Å². The first-order valence-corrected chi connectivity index (χ1v) is 49.4. The number of carbonyl (C=O) groups is 7. The number of halogens is 2. The van der Waals surface area contributed by atoms with Crippen LogP contribution in [0.3, 0.4) is 0 Å². The quantitative estimate of drug-likeness (QED) is 0.00693. The third kappa shape index (κ3) is 41.5. The van der Waals surface area contributed by atoms with E-state index in [4.69, 9.17) is 69.5 Å². The van der Waals surface area contributed by atoms with Crippen molar-refractivity contribution in [3.8, 4) is 0 Å². The molecule has 113 heavy (non-hydrogen) atoms. The minimum absolute atomic E-state index is 0.128. The molecule has 3 aromatic carbocycles. The van der Waals surface area contributed by atoms with Crippen molar-refractivity contribution in [3.63, 3.8) is 0 Å². The van der Waals surface area contributed by atoms with Crippen molar-refractivity contribution >= 4 is 112 Å². The van der Waals surface area contributed by atoms with Crippen LogP contribution in [0.15, 0.2) is 111 Å². The molecule has 0 saturated carbocycles. The normalized spacial score (nSPS) is 15.4. The fourth-order valence-electron chi connectivity index (χ4n) is 10.4. The zero-order valence-corrected chi connectivity index (χ0v) is 76.7. The number of hydrogen-bond donors (Lipinski definition) is 3. The number of benzene rings is 3. The monoisotopic (exact) mass is 1790 g/mol. The molecule has 0 aliphatic carbocycles. The van der Waals surface area contributed by atoms with Gasteiger partial charge in [0.1, 0.15) is 66.3 Å². The van der Waals surface area contributed by atoms with Crippen LogP contribution < -0.4 is 5.73 Å². The molecule has 6 rings (SSSR count). The first-order valence-electron chi connectivity index (χ1n) is 38.6. The highest BCUT2D eigenvalue weighted by Crippen LogP contribution is 2.42. The molecule has 3 aliphatic rings. The molecule has 0 radical (unpaired) electrons. The Morgan fingerprint density at radius 2 is 0.885 bits per heavy atom. The Hall–Kier alpha value is -5.50.